The molecule has 1 aliphatic rings. The van der Waals surface area contributed by atoms with Gasteiger partial charge in [0.25, 0.3) is 11.8 Å². The smallest absolute Gasteiger partial charge is 0.308 e. The molecule has 0 unspecified atom stereocenters. The Morgan fingerprint density at radius 2 is 2.14 bits per heavy atom. The average molecular weight is 418 g/mol. The number of nitrogens with one attached hydrogen (secondary N) is 2. The van der Waals surface area contributed by atoms with Crippen LogP contribution in [0.1, 0.15) is 21.6 Å². The minimum absolute atomic E-state index is 0.112. The summed E-state index contributed by atoms with van der Waals surface area (Å²) < 4.78 is 20.5. The second kappa shape index (κ2) is 7.47. The molecule has 0 aromatic carbocycles. The van der Waals surface area contributed by atoms with E-state index in [-0.39, 0.29) is 28.2 Å². The number of aromatic nitrogens is 4. The quantitative estimate of drug-likeness (QED) is 0.543. The minimum atomic E-state index is -1.14. The van der Waals surface area contributed by atoms with E-state index in [2.05, 4.69) is 25.3 Å². The molecule has 1 amide bonds. The van der Waals surface area contributed by atoms with Gasteiger partial charge in [0.15, 0.2) is 5.82 Å². The maximum atomic E-state index is 15.1. The second-order valence-corrected chi connectivity index (χ2v) is 6.54. The van der Waals surface area contributed by atoms with Crippen LogP contribution < -0.4 is 10.1 Å². The first-order valence-corrected chi connectivity index (χ1v) is 8.86. The molecule has 148 valence electrons. The van der Waals surface area contributed by atoms with Crippen LogP contribution in [0.2, 0.25) is 5.28 Å². The number of aromatic amines is 1. The third-order valence-electron chi connectivity index (χ3n) is 4.28. The van der Waals surface area contributed by atoms with E-state index >= 15 is 4.39 Å². The molecule has 3 aromatic heterocycles. The molecule has 0 radical (unpaired) electrons. The number of rotatable bonds is 5. The predicted molar refractivity (Wildman–Crippen MR) is 98.5 cm³/mol. The van der Waals surface area contributed by atoms with Crippen LogP contribution >= 0.6 is 11.6 Å². The van der Waals surface area contributed by atoms with E-state index < -0.39 is 24.1 Å². The van der Waals surface area contributed by atoms with Crippen LogP contribution in [0.3, 0.4) is 0 Å². The maximum absolute atomic E-state index is 15.1. The highest BCUT2D eigenvalue weighted by Crippen LogP contribution is 2.32. The van der Waals surface area contributed by atoms with Crippen LogP contribution in [0.4, 0.5) is 4.39 Å². The Morgan fingerprint density at radius 3 is 2.90 bits per heavy atom. The molecule has 4 heterocycles. The molecule has 11 heteroatoms. The molecule has 9 nitrogen and oxygen atoms in total. The first-order chi connectivity index (χ1) is 13.9. The Hall–Kier alpha value is -3.53. The third-order valence-corrected chi connectivity index (χ3v) is 4.46. The fourth-order valence-corrected chi connectivity index (χ4v) is 3.10. The molecule has 0 spiro atoms. The number of aliphatic carboxylic acids is 1. The highest BCUT2D eigenvalue weighted by molar-refractivity contribution is 6.28. The number of amides is 1. The fourth-order valence-electron chi connectivity index (χ4n) is 2.98. The standard InChI is InChI=1S/C18H13ClFN5O4/c19-18-23-7-8(5-13(26)27)16(25-18)29-17-14(20)9(1-3-22-17)12-6-10-11(24-12)2-4-21-15(10)28/h1,3,6-7,24H,2,4-5H2,(H,21,28)(H,26,27). The van der Waals surface area contributed by atoms with Crippen molar-refractivity contribution in [3.05, 3.63) is 52.4 Å². The summed E-state index contributed by atoms with van der Waals surface area (Å²) in [4.78, 5) is 37.4. The molecule has 0 saturated heterocycles. The summed E-state index contributed by atoms with van der Waals surface area (Å²) in [5.74, 6) is -2.80. The first-order valence-electron chi connectivity index (χ1n) is 8.48. The van der Waals surface area contributed by atoms with Gasteiger partial charge in [0.2, 0.25) is 11.2 Å². The van der Waals surface area contributed by atoms with Gasteiger partial charge in [-0.3, -0.25) is 9.59 Å². The van der Waals surface area contributed by atoms with E-state index in [9.17, 15) is 9.59 Å². The number of ether oxygens (including phenoxy) is 1. The van der Waals surface area contributed by atoms with Gasteiger partial charge in [0.05, 0.1) is 12.0 Å². The van der Waals surface area contributed by atoms with Gasteiger partial charge >= 0.3 is 5.97 Å². The topological polar surface area (TPSA) is 130 Å². The number of carbonyl (C=O) groups excluding carboxylic acids is 1. The number of fused-ring (bicyclic) bond motifs is 1. The van der Waals surface area contributed by atoms with E-state index in [1.54, 1.807) is 6.07 Å². The van der Waals surface area contributed by atoms with E-state index in [1.165, 1.54) is 18.5 Å². The van der Waals surface area contributed by atoms with Crippen LogP contribution in [0.15, 0.2) is 24.5 Å². The van der Waals surface area contributed by atoms with Crippen LogP contribution in [0, 0.1) is 5.82 Å². The van der Waals surface area contributed by atoms with Crippen molar-refractivity contribution >= 4 is 23.5 Å². The van der Waals surface area contributed by atoms with Crippen LogP contribution in [-0.2, 0) is 17.6 Å². The zero-order chi connectivity index (χ0) is 20.5. The number of carboxylic acid groups (broad SMARTS) is 1. The van der Waals surface area contributed by atoms with Gasteiger partial charge in [-0.15, -0.1) is 0 Å². The van der Waals surface area contributed by atoms with Crippen molar-refractivity contribution in [1.82, 2.24) is 25.3 Å². The molecule has 1 aliphatic heterocycles. The van der Waals surface area contributed by atoms with Crippen molar-refractivity contribution in [3.8, 4) is 23.0 Å². The molecule has 4 rings (SSSR count). The molecule has 0 saturated carbocycles. The van der Waals surface area contributed by atoms with E-state index in [1.807, 2.05) is 0 Å². The zero-order valence-electron chi connectivity index (χ0n) is 14.7. The lowest BCUT2D eigenvalue weighted by molar-refractivity contribution is -0.136. The summed E-state index contributed by atoms with van der Waals surface area (Å²) in [6, 6.07) is 2.99. The molecular weight excluding hydrogens is 405 g/mol. The highest BCUT2D eigenvalue weighted by atomic mass is 35.5. The average Bonchev–Trinajstić information content (AvgIpc) is 3.11. The number of halogens is 2. The molecule has 0 aliphatic carbocycles. The number of H-pyrrole nitrogens is 1. The monoisotopic (exact) mass is 417 g/mol. The minimum Gasteiger partial charge on any atom is -0.481 e. The Balaban J connectivity index is 1.71. The van der Waals surface area contributed by atoms with E-state index in [0.29, 0.717) is 29.9 Å². The van der Waals surface area contributed by atoms with E-state index in [4.69, 9.17) is 21.4 Å². The Kier molecular flexibility index (Phi) is 4.85. The summed E-state index contributed by atoms with van der Waals surface area (Å²) >= 11 is 5.75. The summed E-state index contributed by atoms with van der Waals surface area (Å²) in [5, 5.41) is 11.5. The summed E-state index contributed by atoms with van der Waals surface area (Å²) in [6.07, 6.45) is 2.69. The lowest BCUT2D eigenvalue weighted by Gasteiger charge is -2.11. The largest absolute Gasteiger partial charge is 0.481 e. The summed E-state index contributed by atoms with van der Waals surface area (Å²) in [7, 11) is 0. The second-order valence-electron chi connectivity index (χ2n) is 6.20. The lowest BCUT2D eigenvalue weighted by Crippen LogP contribution is -2.31. The molecular formula is C18H13ClFN5O4. The van der Waals surface area contributed by atoms with Crippen molar-refractivity contribution in [1.29, 1.82) is 0 Å². The van der Waals surface area contributed by atoms with Gasteiger partial charge in [0, 0.05) is 47.9 Å². The molecule has 3 N–H and O–H groups in total. The number of hydrogen-bond acceptors (Lipinski definition) is 6. The fraction of sp³-hybridized carbons (Fsp3) is 0.167. The molecule has 29 heavy (non-hydrogen) atoms. The Morgan fingerprint density at radius 1 is 1.31 bits per heavy atom. The molecule has 0 fully saturated rings. The van der Waals surface area contributed by atoms with Crippen LogP contribution in [0.25, 0.3) is 11.3 Å². The first kappa shape index (κ1) is 18.8. The van der Waals surface area contributed by atoms with Crippen molar-refractivity contribution in [3.63, 3.8) is 0 Å². The number of hydrogen-bond donors (Lipinski definition) is 3. The Bertz CT molecular complexity index is 1130. The van der Waals surface area contributed by atoms with Crippen molar-refractivity contribution in [2.24, 2.45) is 0 Å². The normalized spacial score (nSPS) is 13.0. The van der Waals surface area contributed by atoms with E-state index in [0.717, 1.165) is 0 Å². The van der Waals surface area contributed by atoms with Crippen molar-refractivity contribution in [2.75, 3.05) is 6.54 Å². The number of nitrogens with zero attached hydrogens (tertiary/aromatic N) is 3. The van der Waals surface area contributed by atoms with Gasteiger partial charge in [0.1, 0.15) is 0 Å². The molecule has 0 atom stereocenters. The molecule has 0 bridgehead atoms. The highest BCUT2D eigenvalue weighted by Gasteiger charge is 2.23. The number of carbonyl (C=O) groups is 2. The Labute approximate surface area is 167 Å². The van der Waals surface area contributed by atoms with Crippen molar-refractivity contribution in [2.45, 2.75) is 12.8 Å². The zero-order valence-corrected chi connectivity index (χ0v) is 15.5. The van der Waals surface area contributed by atoms with Gasteiger partial charge in [-0.2, -0.15) is 4.98 Å². The summed E-state index contributed by atoms with van der Waals surface area (Å²) in [6.45, 7) is 0.500. The van der Waals surface area contributed by atoms with Gasteiger partial charge in [-0.1, -0.05) is 0 Å². The maximum Gasteiger partial charge on any atom is 0.308 e. The lowest BCUT2D eigenvalue weighted by atomic mass is 10.1. The molecule has 3 aromatic rings. The van der Waals surface area contributed by atoms with Gasteiger partial charge in [-0.05, 0) is 23.7 Å². The van der Waals surface area contributed by atoms with Crippen LogP contribution in [-0.4, -0.2) is 43.5 Å². The van der Waals surface area contributed by atoms with Crippen LogP contribution in [0.5, 0.6) is 11.8 Å². The third kappa shape index (κ3) is 3.74. The predicted octanol–water partition coefficient (Wildman–Crippen LogP) is 2.36. The number of pyridine rings is 1. The number of carboxylic acids is 1. The SMILES string of the molecule is O=C(O)Cc1cnc(Cl)nc1Oc1nccc(-c2cc3c([nH]2)CCNC3=O)c1F. The summed E-state index contributed by atoms with van der Waals surface area (Å²) in [5.41, 5.74) is 1.81. The van der Waals surface area contributed by atoms with Crippen molar-refractivity contribution < 1.29 is 23.8 Å². The van der Waals surface area contributed by atoms with Gasteiger partial charge < -0.3 is 20.1 Å². The van der Waals surface area contributed by atoms with Gasteiger partial charge in [-0.25, -0.2) is 14.4 Å².